The molecule has 2 nitrogen and oxygen atoms in total. The molecule has 72 valence electrons. The zero-order chi connectivity index (χ0) is 8.81. The molecule has 1 aliphatic rings. The second-order valence-corrected chi connectivity index (χ2v) is 3.40. The molecule has 1 rings (SSSR count). The molecule has 0 saturated carbocycles. The van der Waals surface area contributed by atoms with Crippen molar-refractivity contribution in [1.82, 2.24) is 10.2 Å². The fourth-order valence-corrected chi connectivity index (χ4v) is 1.67. The molecule has 0 aromatic rings. The van der Waals surface area contributed by atoms with E-state index in [4.69, 9.17) is 0 Å². The number of nitrogens with one attached hydrogen (secondary N) is 1. The van der Waals surface area contributed by atoms with Crippen LogP contribution in [0.5, 0.6) is 0 Å². The van der Waals surface area contributed by atoms with E-state index in [1.54, 1.807) is 0 Å². The van der Waals surface area contributed by atoms with Crippen LogP contribution in [0, 0.1) is 0 Å². The molecular formula is C9H19FN2. The third-order valence-corrected chi connectivity index (χ3v) is 2.46. The summed E-state index contributed by atoms with van der Waals surface area (Å²) in [7, 11) is 0. The van der Waals surface area contributed by atoms with Gasteiger partial charge < -0.3 is 5.32 Å². The molecule has 1 fully saturated rings. The molecule has 0 bridgehead atoms. The number of halogens is 1. The average Bonchev–Trinajstić information content (AvgIpc) is 2.30. The molecule has 0 aromatic heterocycles. The molecule has 3 heteroatoms. The van der Waals surface area contributed by atoms with Crippen LogP contribution in [-0.4, -0.2) is 43.8 Å². The Labute approximate surface area is 74.1 Å². The second-order valence-electron chi connectivity index (χ2n) is 3.40. The molecule has 1 atom stereocenters. The van der Waals surface area contributed by atoms with E-state index in [9.17, 15) is 4.39 Å². The molecule has 1 unspecified atom stereocenters. The lowest BCUT2D eigenvalue weighted by Crippen LogP contribution is -2.37. The Bertz CT molecular complexity index is 119. The summed E-state index contributed by atoms with van der Waals surface area (Å²) in [5.74, 6) is 0. The fourth-order valence-electron chi connectivity index (χ4n) is 1.67. The van der Waals surface area contributed by atoms with Gasteiger partial charge in [-0.25, -0.2) is 4.39 Å². The Morgan fingerprint density at radius 2 is 2.42 bits per heavy atom. The monoisotopic (exact) mass is 174 g/mol. The Morgan fingerprint density at radius 1 is 1.58 bits per heavy atom. The highest BCUT2D eigenvalue weighted by atomic mass is 19.1. The van der Waals surface area contributed by atoms with E-state index in [0.717, 1.165) is 32.5 Å². The molecule has 0 spiro atoms. The van der Waals surface area contributed by atoms with Crippen LogP contribution in [0.25, 0.3) is 0 Å². The summed E-state index contributed by atoms with van der Waals surface area (Å²) in [6, 6.07) is 0.569. The minimum absolute atomic E-state index is 0.212. The molecule has 0 aliphatic carbocycles. The fraction of sp³-hybridized carbons (Fsp3) is 1.00. The largest absolute Gasteiger partial charge is 0.313 e. The maximum Gasteiger partial charge on any atom is 0.102 e. The normalized spacial score (nSPS) is 27.0. The van der Waals surface area contributed by atoms with Gasteiger partial charge in [0.05, 0.1) is 0 Å². The van der Waals surface area contributed by atoms with Crippen molar-refractivity contribution < 1.29 is 4.39 Å². The maximum absolute atomic E-state index is 12.1. The van der Waals surface area contributed by atoms with E-state index in [-0.39, 0.29) is 6.67 Å². The Morgan fingerprint density at radius 3 is 3.08 bits per heavy atom. The van der Waals surface area contributed by atoms with Gasteiger partial charge in [0.15, 0.2) is 0 Å². The topological polar surface area (TPSA) is 15.3 Å². The van der Waals surface area contributed by atoms with Crippen LogP contribution < -0.4 is 5.32 Å². The summed E-state index contributed by atoms with van der Waals surface area (Å²) in [6.07, 6.45) is 2.29. The van der Waals surface area contributed by atoms with Crippen LogP contribution in [0.3, 0.4) is 0 Å². The Hall–Kier alpha value is -0.150. The number of alkyl halides is 1. The van der Waals surface area contributed by atoms with Gasteiger partial charge in [0, 0.05) is 19.1 Å². The van der Waals surface area contributed by atoms with Crippen molar-refractivity contribution in [2.24, 2.45) is 0 Å². The van der Waals surface area contributed by atoms with E-state index < -0.39 is 0 Å². The summed E-state index contributed by atoms with van der Waals surface area (Å²) in [5, 5.41) is 3.46. The van der Waals surface area contributed by atoms with Crippen LogP contribution >= 0.6 is 0 Å². The molecule has 1 saturated heterocycles. The van der Waals surface area contributed by atoms with Crippen LogP contribution in [0.2, 0.25) is 0 Å². The van der Waals surface area contributed by atoms with E-state index in [1.165, 1.54) is 0 Å². The molecule has 1 N–H and O–H groups in total. The van der Waals surface area contributed by atoms with Gasteiger partial charge in [-0.15, -0.1) is 0 Å². The van der Waals surface area contributed by atoms with Gasteiger partial charge in [-0.3, -0.25) is 4.90 Å². The van der Waals surface area contributed by atoms with Gasteiger partial charge in [0.25, 0.3) is 0 Å². The predicted octanol–water partition coefficient (Wildman–Crippen LogP) is 1.03. The van der Waals surface area contributed by atoms with Crippen molar-refractivity contribution in [3.05, 3.63) is 0 Å². The first-order valence-corrected chi connectivity index (χ1v) is 4.88. The van der Waals surface area contributed by atoms with Crippen molar-refractivity contribution >= 4 is 0 Å². The minimum Gasteiger partial charge on any atom is -0.313 e. The molecular weight excluding hydrogens is 155 g/mol. The summed E-state index contributed by atoms with van der Waals surface area (Å²) in [4.78, 5) is 2.22. The van der Waals surface area contributed by atoms with Crippen molar-refractivity contribution in [3.8, 4) is 0 Å². The molecule has 0 radical (unpaired) electrons. The molecule has 12 heavy (non-hydrogen) atoms. The SMILES string of the molecule is CCC1CN(CCF)CCCN1. The van der Waals surface area contributed by atoms with Gasteiger partial charge in [0.1, 0.15) is 6.67 Å². The molecule has 0 amide bonds. The zero-order valence-electron chi connectivity index (χ0n) is 7.85. The smallest absolute Gasteiger partial charge is 0.102 e. The van der Waals surface area contributed by atoms with Gasteiger partial charge in [-0.2, -0.15) is 0 Å². The second kappa shape index (κ2) is 5.49. The molecule has 1 heterocycles. The first-order valence-electron chi connectivity index (χ1n) is 4.88. The highest BCUT2D eigenvalue weighted by molar-refractivity contribution is 4.74. The maximum atomic E-state index is 12.1. The number of hydrogen-bond donors (Lipinski definition) is 1. The standard InChI is InChI=1S/C9H19FN2/c1-2-9-8-12(7-4-10)6-3-5-11-9/h9,11H,2-8H2,1H3. The third kappa shape index (κ3) is 3.07. The first-order chi connectivity index (χ1) is 5.86. The van der Waals surface area contributed by atoms with E-state index in [0.29, 0.717) is 12.6 Å². The van der Waals surface area contributed by atoms with Gasteiger partial charge in [-0.1, -0.05) is 6.92 Å². The van der Waals surface area contributed by atoms with Crippen LogP contribution in [0.4, 0.5) is 4.39 Å². The summed E-state index contributed by atoms with van der Waals surface area (Å²) in [6.45, 7) is 5.72. The first kappa shape index (κ1) is 9.93. The zero-order valence-corrected chi connectivity index (χ0v) is 7.85. The Kier molecular flexibility index (Phi) is 4.54. The van der Waals surface area contributed by atoms with Crippen LogP contribution in [0.15, 0.2) is 0 Å². The van der Waals surface area contributed by atoms with Gasteiger partial charge >= 0.3 is 0 Å². The van der Waals surface area contributed by atoms with Gasteiger partial charge in [0.2, 0.25) is 0 Å². The van der Waals surface area contributed by atoms with Crippen LogP contribution in [-0.2, 0) is 0 Å². The minimum atomic E-state index is -0.212. The summed E-state index contributed by atoms with van der Waals surface area (Å²) in [5.41, 5.74) is 0. The highest BCUT2D eigenvalue weighted by Crippen LogP contribution is 2.02. The third-order valence-electron chi connectivity index (χ3n) is 2.46. The molecule has 0 aromatic carbocycles. The van der Waals surface area contributed by atoms with E-state index in [2.05, 4.69) is 17.1 Å². The highest BCUT2D eigenvalue weighted by Gasteiger charge is 2.14. The van der Waals surface area contributed by atoms with Crippen molar-refractivity contribution in [1.29, 1.82) is 0 Å². The summed E-state index contributed by atoms with van der Waals surface area (Å²) < 4.78 is 12.1. The number of nitrogens with zero attached hydrogens (tertiary/aromatic N) is 1. The van der Waals surface area contributed by atoms with Crippen LogP contribution in [0.1, 0.15) is 19.8 Å². The quantitative estimate of drug-likeness (QED) is 0.687. The lowest BCUT2D eigenvalue weighted by atomic mass is 10.2. The Balaban J connectivity index is 2.31. The van der Waals surface area contributed by atoms with E-state index in [1.807, 2.05) is 0 Å². The average molecular weight is 174 g/mol. The summed E-state index contributed by atoms with van der Waals surface area (Å²) >= 11 is 0. The van der Waals surface area contributed by atoms with Gasteiger partial charge in [-0.05, 0) is 25.9 Å². The molecule has 1 aliphatic heterocycles. The number of rotatable bonds is 3. The lowest BCUT2D eigenvalue weighted by Gasteiger charge is -2.21. The van der Waals surface area contributed by atoms with E-state index >= 15 is 0 Å². The van der Waals surface area contributed by atoms with Crippen molar-refractivity contribution in [2.75, 3.05) is 32.9 Å². The van der Waals surface area contributed by atoms with Crippen molar-refractivity contribution in [2.45, 2.75) is 25.8 Å². The lowest BCUT2D eigenvalue weighted by molar-refractivity contribution is 0.242. The van der Waals surface area contributed by atoms with Crippen molar-refractivity contribution in [3.63, 3.8) is 0 Å². The number of hydrogen-bond acceptors (Lipinski definition) is 2. The predicted molar refractivity (Wildman–Crippen MR) is 49.1 cm³/mol.